The third kappa shape index (κ3) is 4.58. The Labute approximate surface area is 119 Å². The Morgan fingerprint density at radius 2 is 1.29 bits per heavy atom. The molecule has 0 saturated heterocycles. The maximum Gasteiger partial charge on any atom is 0.320 e. The van der Waals surface area contributed by atoms with Gasteiger partial charge in [0, 0.05) is 5.41 Å². The molecule has 2 unspecified atom stereocenters. The van der Waals surface area contributed by atoms with Crippen molar-refractivity contribution in [3.8, 4) is 0 Å². The maximum atomic E-state index is 11.6. The number of alkyl halides is 2. The van der Waals surface area contributed by atoms with E-state index in [0.29, 0.717) is 13.2 Å². The van der Waals surface area contributed by atoms with Gasteiger partial charge in [-0.05, 0) is 13.8 Å². The number of rotatable bonds is 6. The second-order valence-corrected chi connectivity index (χ2v) is 5.88. The molecule has 0 aromatic rings. The van der Waals surface area contributed by atoms with Crippen LogP contribution in [0.5, 0.6) is 0 Å². The van der Waals surface area contributed by atoms with Gasteiger partial charge >= 0.3 is 11.9 Å². The fraction of sp³-hybridized carbons (Fsp3) is 0.818. The van der Waals surface area contributed by atoms with Crippen LogP contribution in [0.1, 0.15) is 27.7 Å². The highest BCUT2D eigenvalue weighted by atomic mass is 79.9. The van der Waals surface area contributed by atoms with Gasteiger partial charge in [0.05, 0.1) is 13.2 Å². The molecule has 0 aliphatic carbocycles. The minimum atomic E-state index is -0.654. The van der Waals surface area contributed by atoms with Gasteiger partial charge in [-0.2, -0.15) is 0 Å². The minimum Gasteiger partial charge on any atom is -0.465 e. The summed E-state index contributed by atoms with van der Waals surface area (Å²) in [5.41, 5.74) is -0.654. The number of carbonyl (C=O) groups is 2. The molecule has 0 N–H and O–H groups in total. The van der Waals surface area contributed by atoms with Crippen LogP contribution in [0.3, 0.4) is 0 Å². The third-order valence-electron chi connectivity index (χ3n) is 2.29. The largest absolute Gasteiger partial charge is 0.465 e. The minimum absolute atomic E-state index is 0.309. The number of carbonyl (C=O) groups excluding carboxylic acids is 2. The highest BCUT2D eigenvalue weighted by Gasteiger charge is 2.43. The Kier molecular flexibility index (Phi) is 7.32. The van der Waals surface area contributed by atoms with Gasteiger partial charge in [0.15, 0.2) is 0 Å². The average molecular weight is 374 g/mol. The van der Waals surface area contributed by atoms with Crippen molar-refractivity contribution in [1.29, 1.82) is 0 Å². The molecule has 6 heteroatoms. The van der Waals surface area contributed by atoms with Crippen LogP contribution in [0.25, 0.3) is 0 Å². The van der Waals surface area contributed by atoms with Crippen LogP contribution in [-0.4, -0.2) is 34.8 Å². The van der Waals surface area contributed by atoms with Gasteiger partial charge in [0.2, 0.25) is 0 Å². The normalized spacial score (nSPS) is 14.9. The van der Waals surface area contributed by atoms with Crippen LogP contribution < -0.4 is 0 Å². The predicted molar refractivity (Wildman–Crippen MR) is 72.5 cm³/mol. The highest BCUT2D eigenvalue weighted by Crippen LogP contribution is 2.36. The Morgan fingerprint density at radius 3 is 1.53 bits per heavy atom. The monoisotopic (exact) mass is 372 g/mol. The zero-order chi connectivity index (χ0) is 13.6. The summed E-state index contributed by atoms with van der Waals surface area (Å²) < 4.78 is 9.84. The molecule has 4 nitrogen and oxygen atoms in total. The SMILES string of the molecule is CCOC(=O)C(Br)C(C)(C)C(Br)C(=O)OCC. The van der Waals surface area contributed by atoms with Gasteiger partial charge in [-0.1, -0.05) is 45.7 Å². The second kappa shape index (κ2) is 7.36. The summed E-state index contributed by atoms with van der Waals surface area (Å²) in [4.78, 5) is 22.1. The van der Waals surface area contributed by atoms with Crippen LogP contribution in [0.15, 0.2) is 0 Å². The van der Waals surface area contributed by atoms with Crippen LogP contribution in [0.4, 0.5) is 0 Å². The van der Waals surface area contributed by atoms with E-state index in [4.69, 9.17) is 9.47 Å². The topological polar surface area (TPSA) is 52.6 Å². The summed E-state index contributed by atoms with van der Waals surface area (Å²) in [6.45, 7) is 7.68. The summed E-state index contributed by atoms with van der Waals surface area (Å²) >= 11 is 6.55. The lowest BCUT2D eigenvalue weighted by molar-refractivity contribution is -0.147. The first-order valence-electron chi connectivity index (χ1n) is 5.40. The van der Waals surface area contributed by atoms with Crippen molar-refractivity contribution >= 4 is 43.8 Å². The molecule has 0 aromatic carbocycles. The van der Waals surface area contributed by atoms with E-state index < -0.39 is 15.1 Å². The summed E-state index contributed by atoms with van der Waals surface area (Å²) in [7, 11) is 0. The quantitative estimate of drug-likeness (QED) is 0.530. The van der Waals surface area contributed by atoms with Crippen molar-refractivity contribution in [3.05, 3.63) is 0 Å². The first-order chi connectivity index (χ1) is 7.78. The van der Waals surface area contributed by atoms with E-state index in [1.54, 1.807) is 27.7 Å². The summed E-state index contributed by atoms with van der Waals surface area (Å²) in [5, 5.41) is 0. The van der Waals surface area contributed by atoms with Crippen molar-refractivity contribution in [2.45, 2.75) is 37.3 Å². The third-order valence-corrected chi connectivity index (χ3v) is 5.40. The van der Waals surface area contributed by atoms with E-state index in [2.05, 4.69) is 31.9 Å². The fourth-order valence-electron chi connectivity index (χ4n) is 1.17. The van der Waals surface area contributed by atoms with Crippen molar-refractivity contribution in [2.75, 3.05) is 13.2 Å². The Morgan fingerprint density at radius 1 is 1.00 bits per heavy atom. The fourth-order valence-corrected chi connectivity index (χ4v) is 2.31. The number of esters is 2. The van der Waals surface area contributed by atoms with E-state index >= 15 is 0 Å². The molecule has 0 spiro atoms. The first-order valence-corrected chi connectivity index (χ1v) is 7.23. The molecular formula is C11H18Br2O4. The lowest BCUT2D eigenvalue weighted by Crippen LogP contribution is -2.43. The average Bonchev–Trinajstić information content (AvgIpc) is 2.27. The summed E-state index contributed by atoms with van der Waals surface area (Å²) in [5.74, 6) is -0.766. The maximum absolute atomic E-state index is 11.6. The van der Waals surface area contributed by atoms with Gasteiger partial charge in [0.25, 0.3) is 0 Å². The molecule has 0 heterocycles. The molecule has 0 amide bonds. The smallest absolute Gasteiger partial charge is 0.320 e. The van der Waals surface area contributed by atoms with Crippen molar-refractivity contribution in [3.63, 3.8) is 0 Å². The first kappa shape index (κ1) is 16.9. The standard InChI is InChI=1S/C11H18Br2O4/c1-5-16-9(14)7(12)11(3,4)8(13)10(15)17-6-2/h7-8H,5-6H2,1-4H3. The van der Waals surface area contributed by atoms with Gasteiger partial charge < -0.3 is 9.47 Å². The van der Waals surface area contributed by atoms with Crippen molar-refractivity contribution in [1.82, 2.24) is 0 Å². The van der Waals surface area contributed by atoms with Gasteiger partial charge in [-0.3, -0.25) is 9.59 Å². The number of ether oxygens (including phenoxy) is 2. The van der Waals surface area contributed by atoms with E-state index in [1.807, 2.05) is 0 Å². The molecule has 0 fully saturated rings. The Balaban J connectivity index is 4.74. The van der Waals surface area contributed by atoms with Crippen molar-refractivity contribution in [2.24, 2.45) is 5.41 Å². The Hall–Kier alpha value is -0.100. The van der Waals surface area contributed by atoms with Crippen LogP contribution >= 0.6 is 31.9 Å². The molecule has 0 aliphatic heterocycles. The molecule has 0 rings (SSSR count). The zero-order valence-electron chi connectivity index (χ0n) is 10.5. The van der Waals surface area contributed by atoms with Gasteiger partial charge in [-0.25, -0.2) is 0 Å². The van der Waals surface area contributed by atoms with Crippen LogP contribution in [0, 0.1) is 5.41 Å². The number of hydrogen-bond acceptors (Lipinski definition) is 4. The highest BCUT2D eigenvalue weighted by molar-refractivity contribution is 9.10. The lowest BCUT2D eigenvalue weighted by Gasteiger charge is -2.32. The molecule has 0 aromatic heterocycles. The van der Waals surface area contributed by atoms with Crippen LogP contribution in [-0.2, 0) is 19.1 Å². The molecule has 0 bridgehead atoms. The number of halogens is 2. The number of hydrogen-bond donors (Lipinski definition) is 0. The molecule has 17 heavy (non-hydrogen) atoms. The molecule has 0 radical (unpaired) electrons. The van der Waals surface area contributed by atoms with Crippen LogP contribution in [0.2, 0.25) is 0 Å². The molecular weight excluding hydrogens is 356 g/mol. The van der Waals surface area contributed by atoms with Gasteiger partial charge in [0.1, 0.15) is 9.65 Å². The molecule has 100 valence electrons. The molecule has 0 saturated carbocycles. The van der Waals surface area contributed by atoms with Gasteiger partial charge in [-0.15, -0.1) is 0 Å². The van der Waals surface area contributed by atoms with E-state index in [0.717, 1.165) is 0 Å². The van der Waals surface area contributed by atoms with Crippen molar-refractivity contribution < 1.29 is 19.1 Å². The summed E-state index contributed by atoms with van der Waals surface area (Å²) in [6, 6.07) is 0. The van der Waals surface area contributed by atoms with E-state index in [-0.39, 0.29) is 11.9 Å². The summed E-state index contributed by atoms with van der Waals surface area (Å²) in [6.07, 6.45) is 0. The molecule has 2 atom stereocenters. The lowest BCUT2D eigenvalue weighted by atomic mass is 9.85. The second-order valence-electron chi connectivity index (χ2n) is 4.05. The predicted octanol–water partition coefficient (Wildman–Crippen LogP) is 2.67. The Bertz CT molecular complexity index is 253. The van der Waals surface area contributed by atoms with E-state index in [9.17, 15) is 9.59 Å². The van der Waals surface area contributed by atoms with E-state index in [1.165, 1.54) is 0 Å². The zero-order valence-corrected chi connectivity index (χ0v) is 13.6. The molecule has 0 aliphatic rings.